The normalized spacial score (nSPS) is 20.5. The third-order valence-corrected chi connectivity index (χ3v) is 4.74. The van der Waals surface area contributed by atoms with Crippen LogP contribution >= 0.6 is 0 Å². The zero-order valence-electron chi connectivity index (χ0n) is 14.0. The molecule has 1 unspecified atom stereocenters. The molecular weight excluding hydrogens is 306 g/mol. The third kappa shape index (κ3) is 3.66. The molecule has 0 aliphatic carbocycles. The summed E-state index contributed by atoms with van der Waals surface area (Å²) in [5, 5.41) is 9.00. The maximum absolute atomic E-state index is 12.6. The quantitative estimate of drug-likeness (QED) is 0.795. The highest BCUT2D eigenvalue weighted by Gasteiger charge is 2.29. The molecule has 1 aromatic heterocycles. The fraction of sp³-hybridized carbons (Fsp3) is 0.588. The van der Waals surface area contributed by atoms with Crippen LogP contribution in [0.25, 0.3) is 0 Å². The summed E-state index contributed by atoms with van der Waals surface area (Å²) < 4.78 is 5.31. The van der Waals surface area contributed by atoms with Gasteiger partial charge in [-0.15, -0.1) is 0 Å². The maximum Gasteiger partial charge on any atom is 0.239 e. The number of morpholine rings is 1. The molecule has 1 atom stereocenters. The van der Waals surface area contributed by atoms with Gasteiger partial charge in [-0.05, 0) is 19.1 Å². The van der Waals surface area contributed by atoms with Crippen molar-refractivity contribution in [2.75, 3.05) is 57.4 Å². The first-order valence-corrected chi connectivity index (χ1v) is 8.41. The van der Waals surface area contributed by atoms with Crippen LogP contribution in [0.3, 0.4) is 0 Å². The largest absolute Gasteiger partial charge is 0.378 e. The minimum Gasteiger partial charge on any atom is -0.378 e. The van der Waals surface area contributed by atoms with Gasteiger partial charge in [0, 0.05) is 45.5 Å². The van der Waals surface area contributed by atoms with Gasteiger partial charge in [0.1, 0.15) is 5.82 Å². The number of anilines is 1. The molecule has 3 heterocycles. The first-order valence-electron chi connectivity index (χ1n) is 8.41. The fourth-order valence-electron chi connectivity index (χ4n) is 3.20. The van der Waals surface area contributed by atoms with Gasteiger partial charge in [0.15, 0.2) is 0 Å². The molecule has 0 radical (unpaired) electrons. The molecule has 0 aromatic carbocycles. The predicted octanol–water partition coefficient (Wildman–Crippen LogP) is 0.323. The van der Waals surface area contributed by atoms with Gasteiger partial charge < -0.3 is 14.5 Å². The summed E-state index contributed by atoms with van der Waals surface area (Å²) in [7, 11) is 0. The lowest BCUT2D eigenvalue weighted by Gasteiger charge is -2.40. The number of ether oxygens (including phenoxy) is 1. The van der Waals surface area contributed by atoms with Gasteiger partial charge in [0.2, 0.25) is 5.91 Å². The van der Waals surface area contributed by atoms with E-state index in [0.717, 1.165) is 32.0 Å². The van der Waals surface area contributed by atoms with Gasteiger partial charge in [0.05, 0.1) is 30.9 Å². The minimum absolute atomic E-state index is 0.108. The summed E-state index contributed by atoms with van der Waals surface area (Å²) in [5.74, 6) is 1.03. The van der Waals surface area contributed by atoms with E-state index in [1.54, 1.807) is 12.3 Å². The summed E-state index contributed by atoms with van der Waals surface area (Å²) in [4.78, 5) is 23.3. The van der Waals surface area contributed by atoms with Crippen molar-refractivity contribution >= 4 is 11.7 Å². The van der Waals surface area contributed by atoms with Crippen LogP contribution in [-0.4, -0.2) is 79.2 Å². The fourth-order valence-corrected chi connectivity index (χ4v) is 3.20. The number of aromatic nitrogens is 1. The molecule has 3 rings (SSSR count). The summed E-state index contributed by atoms with van der Waals surface area (Å²) in [6.07, 6.45) is 1.67. The topological polar surface area (TPSA) is 72.7 Å². The van der Waals surface area contributed by atoms with Crippen LogP contribution in [0, 0.1) is 11.3 Å². The molecule has 1 aromatic rings. The van der Waals surface area contributed by atoms with E-state index in [2.05, 4.69) is 20.9 Å². The SMILES string of the molecule is CC(C(=O)N1CCOCC1)N1CCN(c2cc(C#N)ccn2)CC1. The van der Waals surface area contributed by atoms with Crippen molar-refractivity contribution in [3.63, 3.8) is 0 Å². The molecule has 7 heteroatoms. The lowest BCUT2D eigenvalue weighted by atomic mass is 10.2. The van der Waals surface area contributed by atoms with Crippen LogP contribution < -0.4 is 4.90 Å². The number of piperazine rings is 1. The second-order valence-corrected chi connectivity index (χ2v) is 6.15. The van der Waals surface area contributed by atoms with Crippen LogP contribution in [-0.2, 0) is 9.53 Å². The standard InChI is InChI=1S/C17H23N5O2/c1-14(17(23)22-8-10-24-11-9-22)20-4-6-21(7-5-20)16-12-15(13-18)2-3-19-16/h2-3,12,14H,4-11H2,1H3. The Morgan fingerprint density at radius 1 is 1.25 bits per heavy atom. The van der Waals surface area contributed by atoms with Crippen molar-refractivity contribution < 1.29 is 9.53 Å². The number of amides is 1. The molecule has 2 fully saturated rings. The number of rotatable bonds is 3. The molecule has 0 spiro atoms. The Morgan fingerprint density at radius 3 is 2.62 bits per heavy atom. The van der Waals surface area contributed by atoms with Gasteiger partial charge in [-0.2, -0.15) is 5.26 Å². The van der Waals surface area contributed by atoms with Crippen molar-refractivity contribution in [2.45, 2.75) is 13.0 Å². The molecule has 1 amide bonds. The van der Waals surface area contributed by atoms with Gasteiger partial charge in [-0.25, -0.2) is 4.98 Å². The van der Waals surface area contributed by atoms with E-state index in [1.165, 1.54) is 0 Å². The lowest BCUT2D eigenvalue weighted by Crippen LogP contribution is -2.56. The second kappa shape index (κ2) is 7.60. The van der Waals surface area contributed by atoms with E-state index in [9.17, 15) is 4.79 Å². The Kier molecular flexibility index (Phi) is 5.28. The van der Waals surface area contributed by atoms with Crippen molar-refractivity contribution in [2.24, 2.45) is 0 Å². The Balaban J connectivity index is 1.56. The second-order valence-electron chi connectivity index (χ2n) is 6.15. The minimum atomic E-state index is -0.108. The monoisotopic (exact) mass is 329 g/mol. The van der Waals surface area contributed by atoms with Gasteiger partial charge in [-0.1, -0.05) is 0 Å². The number of hydrogen-bond acceptors (Lipinski definition) is 6. The van der Waals surface area contributed by atoms with Crippen molar-refractivity contribution in [3.8, 4) is 6.07 Å². The molecule has 2 saturated heterocycles. The number of hydrogen-bond donors (Lipinski definition) is 0. The van der Waals surface area contributed by atoms with Crippen LogP contribution in [0.15, 0.2) is 18.3 Å². The average Bonchev–Trinajstić information content (AvgIpc) is 2.67. The van der Waals surface area contributed by atoms with E-state index in [-0.39, 0.29) is 11.9 Å². The molecule has 0 N–H and O–H groups in total. The Labute approximate surface area is 142 Å². The van der Waals surface area contributed by atoms with E-state index in [0.29, 0.717) is 31.9 Å². The molecule has 0 bridgehead atoms. The first-order chi connectivity index (χ1) is 11.7. The molecule has 24 heavy (non-hydrogen) atoms. The number of nitrogens with zero attached hydrogens (tertiary/aromatic N) is 5. The van der Waals surface area contributed by atoms with E-state index in [1.807, 2.05) is 17.9 Å². The van der Waals surface area contributed by atoms with Gasteiger partial charge in [0.25, 0.3) is 0 Å². The Hall–Kier alpha value is -2.17. The zero-order chi connectivity index (χ0) is 16.9. The van der Waals surface area contributed by atoms with Crippen LogP contribution in [0.1, 0.15) is 12.5 Å². The summed E-state index contributed by atoms with van der Waals surface area (Å²) in [5.41, 5.74) is 0.623. The summed E-state index contributed by atoms with van der Waals surface area (Å²) in [6, 6.07) is 5.57. The number of nitriles is 1. The molecular formula is C17H23N5O2. The highest BCUT2D eigenvalue weighted by Crippen LogP contribution is 2.17. The average molecular weight is 329 g/mol. The predicted molar refractivity (Wildman–Crippen MR) is 89.6 cm³/mol. The van der Waals surface area contributed by atoms with Crippen molar-refractivity contribution in [1.82, 2.24) is 14.8 Å². The molecule has 0 saturated carbocycles. The highest BCUT2D eigenvalue weighted by atomic mass is 16.5. The molecule has 2 aliphatic heterocycles. The number of carbonyl (C=O) groups excluding carboxylic acids is 1. The molecule has 7 nitrogen and oxygen atoms in total. The Morgan fingerprint density at radius 2 is 1.96 bits per heavy atom. The van der Waals surface area contributed by atoms with Crippen LogP contribution in [0.4, 0.5) is 5.82 Å². The van der Waals surface area contributed by atoms with E-state index < -0.39 is 0 Å². The highest BCUT2D eigenvalue weighted by molar-refractivity contribution is 5.81. The van der Waals surface area contributed by atoms with Crippen molar-refractivity contribution in [1.29, 1.82) is 5.26 Å². The van der Waals surface area contributed by atoms with Crippen LogP contribution in [0.2, 0.25) is 0 Å². The summed E-state index contributed by atoms with van der Waals surface area (Å²) in [6.45, 7) is 7.88. The zero-order valence-corrected chi connectivity index (χ0v) is 14.0. The number of pyridine rings is 1. The van der Waals surface area contributed by atoms with Crippen LogP contribution in [0.5, 0.6) is 0 Å². The summed E-state index contributed by atoms with van der Waals surface area (Å²) >= 11 is 0. The maximum atomic E-state index is 12.6. The smallest absolute Gasteiger partial charge is 0.239 e. The van der Waals surface area contributed by atoms with Crippen molar-refractivity contribution in [3.05, 3.63) is 23.9 Å². The third-order valence-electron chi connectivity index (χ3n) is 4.74. The first kappa shape index (κ1) is 16.7. The molecule has 128 valence electrons. The molecule has 2 aliphatic rings. The van der Waals surface area contributed by atoms with Gasteiger partial charge in [-0.3, -0.25) is 9.69 Å². The lowest BCUT2D eigenvalue weighted by molar-refractivity contribution is -0.140. The van der Waals surface area contributed by atoms with E-state index in [4.69, 9.17) is 10.00 Å². The van der Waals surface area contributed by atoms with Gasteiger partial charge >= 0.3 is 0 Å². The number of carbonyl (C=O) groups is 1. The Bertz CT molecular complexity index is 616. The van der Waals surface area contributed by atoms with E-state index >= 15 is 0 Å².